The molecule has 3 heterocycles. The Morgan fingerprint density at radius 2 is 0.893 bits per heavy atom. The molecule has 0 bridgehead atoms. The van der Waals surface area contributed by atoms with Gasteiger partial charge in [-0.2, -0.15) is 0 Å². The molecule has 11 aromatic rings. The Morgan fingerprint density at radius 3 is 1.62 bits per heavy atom. The van der Waals surface area contributed by atoms with Crippen LogP contribution in [0.1, 0.15) is 0 Å². The minimum Gasteiger partial charge on any atom is -0.455 e. The fourth-order valence-electron chi connectivity index (χ4n) is 7.76. The van der Waals surface area contributed by atoms with Crippen LogP contribution in [0.25, 0.3) is 110 Å². The van der Waals surface area contributed by atoms with Gasteiger partial charge in [0.1, 0.15) is 11.2 Å². The lowest BCUT2D eigenvalue weighted by Gasteiger charge is -2.10. The molecule has 5 heteroatoms. The molecular formula is C51H31N3OS. The molecule has 0 amide bonds. The molecule has 8 aromatic carbocycles. The number of fused-ring (bicyclic) bond motifs is 6. The Hall–Kier alpha value is -7.21. The van der Waals surface area contributed by atoms with Crippen LogP contribution in [0.5, 0.6) is 0 Å². The Kier molecular flexibility index (Phi) is 7.64. The molecule has 0 spiro atoms. The first kappa shape index (κ1) is 32.2. The van der Waals surface area contributed by atoms with Crippen LogP contribution in [0.4, 0.5) is 0 Å². The topological polar surface area (TPSA) is 51.8 Å². The number of para-hydroxylation sites is 1. The Balaban J connectivity index is 1.07. The van der Waals surface area contributed by atoms with Gasteiger partial charge in [-0.15, -0.1) is 11.3 Å². The third-order valence-electron chi connectivity index (χ3n) is 10.6. The molecule has 0 atom stereocenters. The molecule has 0 fully saturated rings. The molecule has 4 nitrogen and oxygen atoms in total. The molecule has 3 aromatic heterocycles. The van der Waals surface area contributed by atoms with Gasteiger partial charge in [-0.3, -0.25) is 0 Å². The van der Waals surface area contributed by atoms with Crippen LogP contribution in [0, 0.1) is 0 Å². The van der Waals surface area contributed by atoms with E-state index in [1.165, 1.54) is 26.6 Å². The predicted octanol–water partition coefficient (Wildman–Crippen LogP) is 14.1. The fourth-order valence-corrected chi connectivity index (χ4v) is 9.02. The van der Waals surface area contributed by atoms with Gasteiger partial charge < -0.3 is 4.42 Å². The van der Waals surface area contributed by atoms with Crippen molar-refractivity contribution in [2.45, 2.75) is 0 Å². The summed E-state index contributed by atoms with van der Waals surface area (Å²) < 4.78 is 8.91. The monoisotopic (exact) mass is 733 g/mol. The van der Waals surface area contributed by atoms with Crippen molar-refractivity contribution in [3.63, 3.8) is 0 Å². The highest BCUT2D eigenvalue weighted by atomic mass is 32.1. The number of hydrogen-bond acceptors (Lipinski definition) is 5. The van der Waals surface area contributed by atoms with Crippen molar-refractivity contribution in [3.8, 4) is 67.5 Å². The molecular weight excluding hydrogens is 703 g/mol. The van der Waals surface area contributed by atoms with E-state index in [2.05, 4.69) is 152 Å². The zero-order chi connectivity index (χ0) is 37.0. The SMILES string of the molecule is c1ccc(-c2ccc(-c3nc(-c4ccccc4)nc(-c4cccc5c4sc4cc(-c6cc(-c7ccccc7)cc7c6oc6ccccc67)ccc45)n3)cc2)cc1. The van der Waals surface area contributed by atoms with E-state index in [4.69, 9.17) is 19.4 Å². The van der Waals surface area contributed by atoms with E-state index in [0.29, 0.717) is 17.5 Å². The van der Waals surface area contributed by atoms with Crippen molar-refractivity contribution in [2.24, 2.45) is 0 Å². The number of hydrogen-bond donors (Lipinski definition) is 0. The van der Waals surface area contributed by atoms with Crippen LogP contribution in [0.3, 0.4) is 0 Å². The highest BCUT2D eigenvalue weighted by Gasteiger charge is 2.19. The van der Waals surface area contributed by atoms with Gasteiger partial charge in [0, 0.05) is 53.2 Å². The summed E-state index contributed by atoms with van der Waals surface area (Å²) in [5.74, 6) is 1.94. The second-order valence-electron chi connectivity index (χ2n) is 14.0. The molecule has 262 valence electrons. The number of furan rings is 1. The lowest BCUT2D eigenvalue weighted by Crippen LogP contribution is -2.00. The smallest absolute Gasteiger partial charge is 0.165 e. The summed E-state index contributed by atoms with van der Waals surface area (Å²) in [6.45, 7) is 0. The molecule has 0 radical (unpaired) electrons. The Morgan fingerprint density at radius 1 is 0.339 bits per heavy atom. The third-order valence-corrected chi connectivity index (χ3v) is 11.8. The van der Waals surface area contributed by atoms with Crippen molar-refractivity contribution in [3.05, 3.63) is 188 Å². The Bertz CT molecular complexity index is 3230. The highest BCUT2D eigenvalue weighted by molar-refractivity contribution is 7.26. The Labute approximate surface area is 327 Å². The van der Waals surface area contributed by atoms with Crippen molar-refractivity contribution in [1.29, 1.82) is 0 Å². The summed E-state index contributed by atoms with van der Waals surface area (Å²) in [4.78, 5) is 15.3. The highest BCUT2D eigenvalue weighted by Crippen LogP contribution is 2.44. The first-order chi connectivity index (χ1) is 27.7. The molecule has 0 aliphatic rings. The van der Waals surface area contributed by atoms with E-state index >= 15 is 0 Å². The number of benzene rings is 8. The first-order valence-electron chi connectivity index (χ1n) is 18.7. The summed E-state index contributed by atoms with van der Waals surface area (Å²) in [6.07, 6.45) is 0. The maximum atomic E-state index is 6.58. The third kappa shape index (κ3) is 5.56. The van der Waals surface area contributed by atoms with Gasteiger partial charge in [0.05, 0.1) is 0 Å². The van der Waals surface area contributed by atoms with Crippen LogP contribution in [0.2, 0.25) is 0 Å². The average Bonchev–Trinajstić information content (AvgIpc) is 3.85. The van der Waals surface area contributed by atoms with Crippen molar-refractivity contribution >= 4 is 53.4 Å². The van der Waals surface area contributed by atoms with E-state index in [9.17, 15) is 0 Å². The van der Waals surface area contributed by atoms with Crippen molar-refractivity contribution in [2.75, 3.05) is 0 Å². The minimum atomic E-state index is 0.641. The van der Waals surface area contributed by atoms with Crippen LogP contribution >= 0.6 is 11.3 Å². The van der Waals surface area contributed by atoms with Crippen LogP contribution in [-0.4, -0.2) is 15.0 Å². The summed E-state index contributed by atoms with van der Waals surface area (Å²) in [5.41, 5.74) is 11.5. The largest absolute Gasteiger partial charge is 0.455 e. The van der Waals surface area contributed by atoms with E-state index in [1.54, 1.807) is 11.3 Å². The summed E-state index contributed by atoms with van der Waals surface area (Å²) in [7, 11) is 0. The lowest BCUT2D eigenvalue weighted by molar-refractivity contribution is 0.670. The average molecular weight is 734 g/mol. The molecule has 0 saturated heterocycles. The maximum Gasteiger partial charge on any atom is 0.165 e. The number of rotatable bonds is 6. The fraction of sp³-hybridized carbons (Fsp3) is 0. The van der Waals surface area contributed by atoms with Gasteiger partial charge in [0.25, 0.3) is 0 Å². The minimum absolute atomic E-state index is 0.641. The molecule has 0 saturated carbocycles. The summed E-state index contributed by atoms with van der Waals surface area (Å²) in [6, 6.07) is 65.7. The second-order valence-corrected chi connectivity index (χ2v) is 15.0. The van der Waals surface area contributed by atoms with Gasteiger partial charge in [-0.05, 0) is 58.1 Å². The van der Waals surface area contributed by atoms with Crippen molar-refractivity contribution < 1.29 is 4.42 Å². The number of thiophene rings is 1. The lowest BCUT2D eigenvalue weighted by atomic mass is 9.95. The van der Waals surface area contributed by atoms with Gasteiger partial charge >= 0.3 is 0 Å². The van der Waals surface area contributed by atoms with Crippen LogP contribution < -0.4 is 0 Å². The molecule has 0 aliphatic heterocycles. The molecule has 0 aliphatic carbocycles. The summed E-state index contributed by atoms with van der Waals surface area (Å²) >= 11 is 1.77. The van der Waals surface area contributed by atoms with Gasteiger partial charge in [-0.25, -0.2) is 15.0 Å². The molecule has 0 N–H and O–H groups in total. The quantitative estimate of drug-likeness (QED) is 0.171. The number of nitrogens with zero attached hydrogens (tertiary/aromatic N) is 3. The maximum absolute atomic E-state index is 6.58. The molecule has 0 unspecified atom stereocenters. The standard InChI is InChI=1S/C51H31N3OS/c1-4-13-32(14-5-1)34-23-25-36(26-24-34)50-52-49(35-17-8-3-9-18-35)53-51(54-50)42-21-12-20-41-40-28-27-37(31-46(40)56-48(41)42)43-29-38(33-15-6-2-7-16-33)30-44-39-19-10-11-22-45(39)55-47(43)44/h1-31H. The predicted molar refractivity (Wildman–Crippen MR) is 233 cm³/mol. The van der Waals surface area contributed by atoms with Gasteiger partial charge in [0.2, 0.25) is 0 Å². The van der Waals surface area contributed by atoms with Crippen LogP contribution in [0.15, 0.2) is 192 Å². The zero-order valence-electron chi connectivity index (χ0n) is 30.1. The zero-order valence-corrected chi connectivity index (χ0v) is 30.9. The summed E-state index contributed by atoms with van der Waals surface area (Å²) in [5, 5.41) is 4.61. The van der Waals surface area contributed by atoms with Gasteiger partial charge in [-0.1, -0.05) is 158 Å². The van der Waals surface area contributed by atoms with E-state index < -0.39 is 0 Å². The molecule has 11 rings (SSSR count). The van der Waals surface area contributed by atoms with E-state index in [0.717, 1.165) is 65.6 Å². The second kappa shape index (κ2) is 13.3. The van der Waals surface area contributed by atoms with Crippen molar-refractivity contribution in [1.82, 2.24) is 15.0 Å². The van der Waals surface area contributed by atoms with E-state index in [-0.39, 0.29) is 0 Å². The van der Waals surface area contributed by atoms with Gasteiger partial charge in [0.15, 0.2) is 17.5 Å². The number of aromatic nitrogens is 3. The van der Waals surface area contributed by atoms with E-state index in [1.807, 2.05) is 36.4 Å². The molecule has 56 heavy (non-hydrogen) atoms. The normalized spacial score (nSPS) is 11.6. The van der Waals surface area contributed by atoms with Crippen LogP contribution in [-0.2, 0) is 0 Å². The first-order valence-corrected chi connectivity index (χ1v) is 19.5.